The molecule has 0 bridgehead atoms. The maximum Gasteiger partial charge on any atom is 0.416 e. The number of fused-ring (bicyclic) bond motifs is 2. The fourth-order valence-corrected chi connectivity index (χ4v) is 5.68. The predicted octanol–water partition coefficient (Wildman–Crippen LogP) is 3.85. The number of alkyl halides is 3. The van der Waals surface area contributed by atoms with E-state index in [0.29, 0.717) is 24.6 Å². The Morgan fingerprint density at radius 3 is 2.39 bits per heavy atom. The Labute approximate surface area is 190 Å². The third kappa shape index (κ3) is 4.44. The van der Waals surface area contributed by atoms with E-state index >= 15 is 0 Å². The van der Waals surface area contributed by atoms with Crippen molar-refractivity contribution in [3.63, 3.8) is 0 Å². The molecule has 2 saturated heterocycles. The van der Waals surface area contributed by atoms with Crippen LogP contribution in [0.1, 0.15) is 47.0 Å². The number of nitrogens with one attached hydrogen (secondary N) is 3. The molecule has 3 N–H and O–H groups in total. The average molecular weight is 460 g/mol. The smallest absolute Gasteiger partial charge is 0.335 e. The number of amides is 2. The Morgan fingerprint density at radius 1 is 1.03 bits per heavy atom. The van der Waals surface area contributed by atoms with Gasteiger partial charge in [-0.3, -0.25) is 10.4 Å². The number of hydrogen-bond acceptors (Lipinski definition) is 4. The van der Waals surface area contributed by atoms with Crippen LogP contribution < -0.4 is 16.2 Å². The van der Waals surface area contributed by atoms with E-state index < -0.39 is 11.7 Å². The minimum Gasteiger partial charge on any atom is -0.335 e. The van der Waals surface area contributed by atoms with Crippen molar-refractivity contribution in [2.45, 2.75) is 57.5 Å². The van der Waals surface area contributed by atoms with Crippen LogP contribution >= 0.6 is 0 Å². The van der Waals surface area contributed by atoms with Crippen LogP contribution in [0, 0.1) is 25.7 Å². The van der Waals surface area contributed by atoms with Gasteiger partial charge in [0.05, 0.1) is 11.6 Å². The summed E-state index contributed by atoms with van der Waals surface area (Å²) in [6.45, 7) is 4.90. The van der Waals surface area contributed by atoms with Crippen LogP contribution in [0.25, 0.3) is 0 Å². The lowest BCUT2D eigenvalue weighted by atomic mass is 9.71. The molecule has 0 spiro atoms. The second kappa shape index (κ2) is 8.29. The number of hydrogen-bond donors (Lipinski definition) is 3. The van der Waals surface area contributed by atoms with Crippen molar-refractivity contribution in [1.82, 2.24) is 26.1 Å². The lowest BCUT2D eigenvalue weighted by Crippen LogP contribution is -2.60. The number of halogens is 3. The molecule has 33 heavy (non-hydrogen) atoms. The summed E-state index contributed by atoms with van der Waals surface area (Å²) in [6, 6.07) is 9.69. The van der Waals surface area contributed by atoms with Crippen molar-refractivity contribution < 1.29 is 18.0 Å². The molecule has 3 aliphatic rings. The lowest BCUT2D eigenvalue weighted by Gasteiger charge is -2.45. The molecule has 1 aromatic heterocycles. The molecule has 5 atom stereocenters. The van der Waals surface area contributed by atoms with E-state index in [4.69, 9.17) is 0 Å². The van der Waals surface area contributed by atoms with Crippen LogP contribution in [0.3, 0.4) is 0 Å². The van der Waals surface area contributed by atoms with Gasteiger partial charge in [0.1, 0.15) is 0 Å². The molecular formula is C24H28F3N5O. The third-order valence-corrected chi connectivity index (χ3v) is 7.19. The van der Waals surface area contributed by atoms with Crippen LogP contribution in [0.4, 0.5) is 18.0 Å². The van der Waals surface area contributed by atoms with Crippen LogP contribution in [0.2, 0.25) is 0 Å². The summed E-state index contributed by atoms with van der Waals surface area (Å²) in [4.78, 5) is 18.9. The van der Waals surface area contributed by atoms with E-state index in [2.05, 4.69) is 33.3 Å². The van der Waals surface area contributed by atoms with E-state index in [0.717, 1.165) is 36.4 Å². The summed E-state index contributed by atoms with van der Waals surface area (Å²) in [6.07, 6.45) is -2.56. The van der Waals surface area contributed by atoms with Crippen LogP contribution in [-0.4, -0.2) is 34.5 Å². The van der Waals surface area contributed by atoms with Gasteiger partial charge >= 0.3 is 12.2 Å². The van der Waals surface area contributed by atoms with Crippen molar-refractivity contribution in [2.75, 3.05) is 6.54 Å². The van der Waals surface area contributed by atoms with E-state index in [1.165, 1.54) is 17.7 Å². The van der Waals surface area contributed by atoms with E-state index in [-0.39, 0.29) is 30.1 Å². The largest absolute Gasteiger partial charge is 0.416 e. The molecular weight excluding hydrogens is 431 g/mol. The Morgan fingerprint density at radius 2 is 1.73 bits per heavy atom. The second-order valence-electron chi connectivity index (χ2n) is 9.58. The Hall–Kier alpha value is -2.65. The molecule has 3 heterocycles. The highest BCUT2D eigenvalue weighted by Gasteiger charge is 2.47. The fourth-order valence-electron chi connectivity index (χ4n) is 5.68. The number of rotatable bonds is 3. The normalized spacial score (nSPS) is 29.4. The van der Waals surface area contributed by atoms with Gasteiger partial charge in [0, 0.05) is 36.6 Å². The topological polar surface area (TPSA) is 69.3 Å². The number of aryl methyl sites for hydroxylation is 2. The van der Waals surface area contributed by atoms with Crippen LogP contribution in [0.15, 0.2) is 36.4 Å². The summed E-state index contributed by atoms with van der Waals surface area (Å²) >= 11 is 0. The number of urea groups is 1. The summed E-state index contributed by atoms with van der Waals surface area (Å²) in [5.74, 6) is 0.669. The van der Waals surface area contributed by atoms with Gasteiger partial charge in [-0.1, -0.05) is 12.1 Å². The first-order valence-electron chi connectivity index (χ1n) is 11.3. The van der Waals surface area contributed by atoms with Crippen molar-refractivity contribution in [3.05, 3.63) is 64.5 Å². The number of carbonyl (C=O) groups excluding carboxylic acids is 1. The zero-order chi connectivity index (χ0) is 23.3. The molecule has 9 heteroatoms. The first kappa shape index (κ1) is 22.2. The monoisotopic (exact) mass is 459 g/mol. The average Bonchev–Trinajstić information content (AvgIpc) is 3.14. The summed E-state index contributed by atoms with van der Waals surface area (Å²) in [5, 5.41) is 3.14. The van der Waals surface area contributed by atoms with Gasteiger partial charge in [-0.2, -0.15) is 13.2 Å². The molecule has 1 aliphatic carbocycles. The molecule has 3 fully saturated rings. The van der Waals surface area contributed by atoms with Crippen molar-refractivity contribution in [2.24, 2.45) is 11.8 Å². The number of pyridine rings is 1. The predicted molar refractivity (Wildman–Crippen MR) is 117 cm³/mol. The Bertz CT molecular complexity index is 1020. The van der Waals surface area contributed by atoms with Gasteiger partial charge in [0.2, 0.25) is 0 Å². The zero-order valence-electron chi connectivity index (χ0n) is 18.6. The molecule has 2 aromatic rings. The van der Waals surface area contributed by atoms with Crippen molar-refractivity contribution in [1.29, 1.82) is 0 Å². The Kier molecular flexibility index (Phi) is 5.56. The Balaban J connectivity index is 1.29. The van der Waals surface area contributed by atoms with E-state index in [1.807, 2.05) is 13.8 Å². The fraction of sp³-hybridized carbons (Fsp3) is 0.500. The van der Waals surface area contributed by atoms with Gasteiger partial charge in [0.25, 0.3) is 0 Å². The van der Waals surface area contributed by atoms with Gasteiger partial charge in [-0.05, 0) is 73.9 Å². The minimum atomic E-state index is -4.36. The second-order valence-corrected chi connectivity index (χ2v) is 9.58. The van der Waals surface area contributed by atoms with Crippen molar-refractivity contribution in [3.8, 4) is 0 Å². The van der Waals surface area contributed by atoms with Crippen LogP contribution in [-0.2, 0) is 12.7 Å². The number of hydrazine groups is 1. The maximum atomic E-state index is 12.8. The van der Waals surface area contributed by atoms with Gasteiger partial charge in [0.15, 0.2) is 0 Å². The first-order valence-corrected chi connectivity index (χ1v) is 11.3. The number of benzene rings is 1. The van der Waals surface area contributed by atoms with E-state index in [1.54, 1.807) is 4.90 Å². The molecule has 1 saturated carbocycles. The highest BCUT2D eigenvalue weighted by molar-refractivity contribution is 5.75. The summed E-state index contributed by atoms with van der Waals surface area (Å²) < 4.78 is 38.5. The summed E-state index contributed by atoms with van der Waals surface area (Å²) in [7, 11) is 0. The molecule has 0 radical (unpaired) electrons. The quantitative estimate of drug-likeness (QED) is 0.652. The van der Waals surface area contributed by atoms with Gasteiger partial charge in [-0.15, -0.1) is 0 Å². The lowest BCUT2D eigenvalue weighted by molar-refractivity contribution is -0.137. The maximum absolute atomic E-state index is 12.8. The number of carbonyl (C=O) groups is 1. The van der Waals surface area contributed by atoms with E-state index in [9.17, 15) is 18.0 Å². The standard InChI is InChI=1S/C24H28F3N5O/c1-13-7-16(8-14(2)28-13)22-19-9-17-12-32(23(33)29-20(17)10-21(19)30-31-22)11-15-3-5-18(6-4-15)24(25,26)27/h3-8,17,19-22,30-31H,9-12H2,1-2H3,(H,29,33). The minimum absolute atomic E-state index is 0.0940. The number of nitrogens with zero attached hydrogens (tertiary/aromatic N) is 2. The molecule has 2 amide bonds. The van der Waals surface area contributed by atoms with Gasteiger partial charge in [-0.25, -0.2) is 10.2 Å². The molecule has 2 aliphatic heterocycles. The highest BCUT2D eigenvalue weighted by Crippen LogP contribution is 2.42. The number of aromatic nitrogens is 1. The third-order valence-electron chi connectivity index (χ3n) is 7.19. The van der Waals surface area contributed by atoms with Crippen molar-refractivity contribution >= 4 is 6.03 Å². The van der Waals surface area contributed by atoms with Crippen LogP contribution in [0.5, 0.6) is 0 Å². The molecule has 5 unspecified atom stereocenters. The van der Waals surface area contributed by atoms with Gasteiger partial charge < -0.3 is 10.2 Å². The summed E-state index contributed by atoms with van der Waals surface area (Å²) in [5.41, 5.74) is 10.1. The zero-order valence-corrected chi connectivity index (χ0v) is 18.6. The molecule has 1 aromatic carbocycles. The molecule has 6 nitrogen and oxygen atoms in total. The molecule has 176 valence electrons. The SMILES string of the molecule is Cc1cc(C2NNC3CC4NC(=O)N(Cc5ccc(C(F)(F)F)cc5)CC4CC32)cc(C)n1. The highest BCUT2D eigenvalue weighted by atomic mass is 19.4. The molecule has 5 rings (SSSR count). The first-order chi connectivity index (χ1) is 15.7.